The largest absolute Gasteiger partial charge is 0.352 e. The van der Waals surface area contributed by atoms with Crippen LogP contribution in [0.5, 0.6) is 0 Å². The molecule has 152 valence electrons. The minimum absolute atomic E-state index is 0.0640. The zero-order valence-electron chi connectivity index (χ0n) is 16.0. The number of hydrogen-bond donors (Lipinski definition) is 0. The maximum atomic E-state index is 13.4. The smallest absolute Gasteiger partial charge is 0.228 e. The van der Waals surface area contributed by atoms with Gasteiger partial charge in [-0.1, -0.05) is 12.1 Å². The summed E-state index contributed by atoms with van der Waals surface area (Å²) >= 11 is 3.03. The van der Waals surface area contributed by atoms with Gasteiger partial charge in [0.1, 0.15) is 27.8 Å². The SMILES string of the molecule is O=C(Cc1csc(-c2cccc(F)c2)n1)N1CCN(c2ncnc3sccc23)CC1. The van der Waals surface area contributed by atoms with Gasteiger partial charge in [-0.05, 0) is 23.6 Å². The number of thiazole rings is 1. The molecule has 0 atom stereocenters. The molecule has 6 nitrogen and oxygen atoms in total. The average molecular weight is 440 g/mol. The van der Waals surface area contributed by atoms with Gasteiger partial charge in [0.25, 0.3) is 0 Å². The van der Waals surface area contributed by atoms with Gasteiger partial charge >= 0.3 is 0 Å². The maximum Gasteiger partial charge on any atom is 0.228 e. The molecular formula is C21H18FN5OS2. The normalized spacial score (nSPS) is 14.4. The number of fused-ring (bicyclic) bond motifs is 1. The number of aromatic nitrogens is 3. The predicted octanol–water partition coefficient (Wildman–Crippen LogP) is 3.85. The van der Waals surface area contributed by atoms with E-state index < -0.39 is 0 Å². The number of rotatable bonds is 4. The summed E-state index contributed by atoms with van der Waals surface area (Å²) in [6.45, 7) is 2.77. The van der Waals surface area contributed by atoms with E-state index in [2.05, 4.69) is 19.9 Å². The number of carbonyl (C=O) groups is 1. The van der Waals surface area contributed by atoms with Crippen molar-refractivity contribution >= 4 is 44.6 Å². The highest BCUT2D eigenvalue weighted by Crippen LogP contribution is 2.28. The Bertz CT molecular complexity index is 1200. The highest BCUT2D eigenvalue weighted by atomic mass is 32.1. The molecule has 0 spiro atoms. The summed E-state index contributed by atoms with van der Waals surface area (Å²) in [6, 6.07) is 8.40. The van der Waals surface area contributed by atoms with Crippen molar-refractivity contribution in [2.75, 3.05) is 31.1 Å². The van der Waals surface area contributed by atoms with E-state index in [1.807, 2.05) is 27.8 Å². The summed E-state index contributed by atoms with van der Waals surface area (Å²) < 4.78 is 13.4. The van der Waals surface area contributed by atoms with E-state index in [-0.39, 0.29) is 18.1 Å². The molecule has 9 heteroatoms. The number of halogens is 1. The number of thiophene rings is 1. The Balaban J connectivity index is 1.22. The first-order valence-electron chi connectivity index (χ1n) is 9.58. The number of nitrogens with zero attached hydrogens (tertiary/aromatic N) is 5. The lowest BCUT2D eigenvalue weighted by molar-refractivity contribution is -0.130. The Labute approximate surface area is 180 Å². The molecule has 3 aromatic heterocycles. The van der Waals surface area contributed by atoms with Crippen molar-refractivity contribution in [1.82, 2.24) is 19.9 Å². The van der Waals surface area contributed by atoms with Gasteiger partial charge in [-0.2, -0.15) is 0 Å². The van der Waals surface area contributed by atoms with Crippen LogP contribution in [0.2, 0.25) is 0 Å². The van der Waals surface area contributed by atoms with E-state index in [9.17, 15) is 9.18 Å². The Kier molecular flexibility index (Phi) is 5.14. The third kappa shape index (κ3) is 3.78. The van der Waals surface area contributed by atoms with Crippen LogP contribution >= 0.6 is 22.7 Å². The lowest BCUT2D eigenvalue weighted by Gasteiger charge is -2.35. The monoisotopic (exact) mass is 439 g/mol. The second-order valence-electron chi connectivity index (χ2n) is 7.04. The second-order valence-corrected chi connectivity index (χ2v) is 8.79. The molecule has 1 saturated heterocycles. The van der Waals surface area contributed by atoms with Gasteiger partial charge in [-0.3, -0.25) is 4.79 Å². The van der Waals surface area contributed by atoms with E-state index >= 15 is 0 Å². The molecular weight excluding hydrogens is 421 g/mol. The van der Waals surface area contributed by atoms with Crippen molar-refractivity contribution in [1.29, 1.82) is 0 Å². The van der Waals surface area contributed by atoms with Crippen molar-refractivity contribution in [2.24, 2.45) is 0 Å². The van der Waals surface area contributed by atoms with Crippen LogP contribution in [0.15, 0.2) is 47.4 Å². The fourth-order valence-electron chi connectivity index (χ4n) is 3.61. The first-order valence-corrected chi connectivity index (χ1v) is 11.3. The molecule has 1 amide bonds. The molecule has 4 heterocycles. The van der Waals surface area contributed by atoms with Crippen LogP contribution in [-0.2, 0) is 11.2 Å². The summed E-state index contributed by atoms with van der Waals surface area (Å²) in [4.78, 5) is 31.1. The first kappa shape index (κ1) is 19.1. The van der Waals surface area contributed by atoms with Crippen LogP contribution in [0.1, 0.15) is 5.69 Å². The molecule has 1 aliphatic heterocycles. The molecule has 0 aliphatic carbocycles. The lowest BCUT2D eigenvalue weighted by Crippen LogP contribution is -2.49. The fourth-order valence-corrected chi connectivity index (χ4v) is 5.15. The standard InChI is InChI=1S/C21H18FN5OS2/c22-15-3-1-2-14(10-15)20-25-16(12-30-20)11-18(28)26-5-7-27(8-6-26)19-17-4-9-29-21(17)24-13-23-19/h1-4,9-10,12-13H,5-8,11H2. The molecule has 0 radical (unpaired) electrons. The topological polar surface area (TPSA) is 62.2 Å². The Morgan fingerprint density at radius 3 is 2.80 bits per heavy atom. The highest BCUT2D eigenvalue weighted by Gasteiger charge is 2.24. The van der Waals surface area contributed by atoms with Gasteiger partial charge in [0.2, 0.25) is 5.91 Å². The van der Waals surface area contributed by atoms with Gasteiger partial charge in [0.05, 0.1) is 17.5 Å². The molecule has 1 aromatic carbocycles. The molecule has 0 saturated carbocycles. The number of anilines is 1. The Morgan fingerprint density at radius 1 is 1.10 bits per heavy atom. The van der Waals surface area contributed by atoms with Gasteiger partial charge in [0.15, 0.2) is 0 Å². The van der Waals surface area contributed by atoms with E-state index in [1.54, 1.807) is 23.7 Å². The summed E-state index contributed by atoms with van der Waals surface area (Å²) in [5.41, 5.74) is 1.46. The quantitative estimate of drug-likeness (QED) is 0.483. The summed E-state index contributed by atoms with van der Waals surface area (Å²) in [5, 5.41) is 5.69. The highest BCUT2D eigenvalue weighted by molar-refractivity contribution is 7.16. The van der Waals surface area contributed by atoms with Crippen LogP contribution in [0.25, 0.3) is 20.8 Å². The van der Waals surface area contributed by atoms with Crippen LogP contribution < -0.4 is 4.90 Å². The fraction of sp³-hybridized carbons (Fsp3) is 0.238. The first-order chi connectivity index (χ1) is 14.7. The Hall–Kier alpha value is -2.91. The Morgan fingerprint density at radius 2 is 1.97 bits per heavy atom. The third-order valence-electron chi connectivity index (χ3n) is 5.13. The number of benzene rings is 1. The third-order valence-corrected chi connectivity index (χ3v) is 6.89. The second kappa shape index (κ2) is 8.08. The van der Waals surface area contributed by atoms with E-state index in [0.717, 1.165) is 45.4 Å². The van der Waals surface area contributed by atoms with Crippen molar-refractivity contribution in [3.05, 3.63) is 58.9 Å². The van der Waals surface area contributed by atoms with Crippen molar-refractivity contribution in [2.45, 2.75) is 6.42 Å². The maximum absolute atomic E-state index is 13.4. The number of carbonyl (C=O) groups excluding carboxylic acids is 1. The molecule has 0 unspecified atom stereocenters. The molecule has 4 aromatic rings. The number of piperazine rings is 1. The minimum Gasteiger partial charge on any atom is -0.352 e. The van der Waals surface area contributed by atoms with Crippen LogP contribution in [0, 0.1) is 5.82 Å². The van der Waals surface area contributed by atoms with Gasteiger partial charge < -0.3 is 9.80 Å². The average Bonchev–Trinajstić information content (AvgIpc) is 3.43. The lowest BCUT2D eigenvalue weighted by atomic mass is 10.2. The molecule has 0 N–H and O–H groups in total. The zero-order valence-corrected chi connectivity index (χ0v) is 17.6. The van der Waals surface area contributed by atoms with Gasteiger partial charge in [0, 0.05) is 37.1 Å². The predicted molar refractivity (Wildman–Crippen MR) is 117 cm³/mol. The molecule has 30 heavy (non-hydrogen) atoms. The van der Waals surface area contributed by atoms with Crippen LogP contribution in [0.4, 0.5) is 10.2 Å². The van der Waals surface area contributed by atoms with E-state index in [4.69, 9.17) is 0 Å². The molecule has 1 aliphatic rings. The molecule has 1 fully saturated rings. The van der Waals surface area contributed by atoms with Gasteiger partial charge in [-0.25, -0.2) is 19.3 Å². The minimum atomic E-state index is -0.290. The molecule has 0 bridgehead atoms. The van der Waals surface area contributed by atoms with E-state index in [0.29, 0.717) is 13.1 Å². The van der Waals surface area contributed by atoms with Gasteiger partial charge in [-0.15, -0.1) is 22.7 Å². The van der Waals surface area contributed by atoms with Crippen LogP contribution in [-0.4, -0.2) is 51.9 Å². The van der Waals surface area contributed by atoms with Crippen molar-refractivity contribution < 1.29 is 9.18 Å². The van der Waals surface area contributed by atoms with Crippen LogP contribution in [0.3, 0.4) is 0 Å². The number of hydrogen-bond acceptors (Lipinski definition) is 7. The van der Waals surface area contributed by atoms with Crippen molar-refractivity contribution in [3.63, 3.8) is 0 Å². The summed E-state index contributed by atoms with van der Waals surface area (Å²) in [5.74, 6) is 0.711. The van der Waals surface area contributed by atoms with E-state index in [1.165, 1.54) is 23.5 Å². The summed E-state index contributed by atoms with van der Waals surface area (Å²) in [6.07, 6.45) is 1.86. The summed E-state index contributed by atoms with van der Waals surface area (Å²) in [7, 11) is 0. The molecule has 5 rings (SSSR count). The number of amides is 1. The zero-order chi connectivity index (χ0) is 20.5. The van der Waals surface area contributed by atoms with Crippen molar-refractivity contribution in [3.8, 4) is 10.6 Å².